The Labute approximate surface area is 60.3 Å². The third kappa shape index (κ3) is 7.85. The Kier molecular flexibility index (Phi) is 7.72. The lowest BCUT2D eigenvalue weighted by Gasteiger charge is -1.97. The van der Waals surface area contributed by atoms with Crippen molar-refractivity contribution in [1.82, 2.24) is 5.32 Å². The van der Waals surface area contributed by atoms with E-state index in [0.29, 0.717) is 0 Å². The van der Waals surface area contributed by atoms with Gasteiger partial charge < -0.3 is 10.4 Å². The van der Waals surface area contributed by atoms with Gasteiger partial charge in [-0.15, -0.1) is 0 Å². The minimum absolute atomic E-state index is 0.277. The van der Waals surface area contributed by atoms with E-state index >= 15 is 0 Å². The smallest absolute Gasteiger partial charge is 0.0521 e. The molecule has 0 atom stereocenters. The molecule has 0 aliphatic carbocycles. The maximum absolute atomic E-state index is 8.36. The Morgan fingerprint density at radius 2 is 2.33 bits per heavy atom. The standard InChI is InChI=1S/C6H13NOS/c1-2-7-3-5-9-6-4-8/h2,7-8H,1,3-6H2. The first-order valence-electron chi connectivity index (χ1n) is 2.94. The number of rotatable bonds is 6. The highest BCUT2D eigenvalue weighted by atomic mass is 32.2. The summed E-state index contributed by atoms with van der Waals surface area (Å²) in [6.07, 6.45) is 1.68. The molecule has 54 valence electrons. The average Bonchev–Trinajstić information content (AvgIpc) is 1.89. The number of aliphatic hydroxyl groups excluding tert-OH is 1. The summed E-state index contributed by atoms with van der Waals surface area (Å²) in [5.74, 6) is 1.87. The van der Waals surface area contributed by atoms with Gasteiger partial charge in [0.2, 0.25) is 0 Å². The minimum atomic E-state index is 0.277. The van der Waals surface area contributed by atoms with E-state index in [2.05, 4.69) is 11.9 Å². The molecule has 2 N–H and O–H groups in total. The van der Waals surface area contributed by atoms with E-state index in [0.717, 1.165) is 18.1 Å². The predicted octanol–water partition coefficient (Wildman–Crippen LogP) is 0.445. The number of aliphatic hydroxyl groups is 1. The van der Waals surface area contributed by atoms with Crippen molar-refractivity contribution in [3.8, 4) is 0 Å². The molecule has 9 heavy (non-hydrogen) atoms. The van der Waals surface area contributed by atoms with Gasteiger partial charge in [0.05, 0.1) is 6.61 Å². The summed E-state index contributed by atoms with van der Waals surface area (Å²) >= 11 is 1.73. The molecule has 2 nitrogen and oxygen atoms in total. The van der Waals surface area contributed by atoms with Crippen LogP contribution in [0.25, 0.3) is 0 Å². The number of nitrogens with one attached hydrogen (secondary N) is 1. The summed E-state index contributed by atoms with van der Waals surface area (Å²) in [5.41, 5.74) is 0. The van der Waals surface area contributed by atoms with Crippen LogP contribution in [-0.2, 0) is 0 Å². The van der Waals surface area contributed by atoms with E-state index in [-0.39, 0.29) is 6.61 Å². The lowest BCUT2D eigenvalue weighted by Crippen LogP contribution is -2.08. The maximum atomic E-state index is 8.36. The van der Waals surface area contributed by atoms with Gasteiger partial charge >= 0.3 is 0 Å². The summed E-state index contributed by atoms with van der Waals surface area (Å²) in [6.45, 7) is 4.72. The minimum Gasteiger partial charge on any atom is -0.396 e. The Hall–Kier alpha value is -0.150. The largest absolute Gasteiger partial charge is 0.396 e. The SMILES string of the molecule is C=CNCCSCCO. The second-order valence-corrected chi connectivity index (χ2v) is 2.72. The first-order valence-corrected chi connectivity index (χ1v) is 4.10. The van der Waals surface area contributed by atoms with Crippen LogP contribution in [0, 0.1) is 0 Å². The van der Waals surface area contributed by atoms with Gasteiger partial charge in [0, 0.05) is 18.1 Å². The average molecular weight is 147 g/mol. The van der Waals surface area contributed by atoms with Gasteiger partial charge in [-0.25, -0.2) is 0 Å². The monoisotopic (exact) mass is 147 g/mol. The van der Waals surface area contributed by atoms with Crippen LogP contribution >= 0.6 is 11.8 Å². The zero-order chi connectivity index (χ0) is 6.95. The molecule has 0 unspecified atom stereocenters. The highest BCUT2D eigenvalue weighted by Crippen LogP contribution is 1.94. The van der Waals surface area contributed by atoms with Crippen molar-refractivity contribution in [2.75, 3.05) is 24.7 Å². The van der Waals surface area contributed by atoms with Gasteiger partial charge in [0.15, 0.2) is 0 Å². The lowest BCUT2D eigenvalue weighted by atomic mass is 10.7. The van der Waals surface area contributed by atoms with Crippen molar-refractivity contribution in [3.05, 3.63) is 12.8 Å². The second kappa shape index (κ2) is 7.85. The summed E-state index contributed by atoms with van der Waals surface area (Å²) in [6, 6.07) is 0. The van der Waals surface area contributed by atoms with Crippen molar-refractivity contribution >= 4 is 11.8 Å². The van der Waals surface area contributed by atoms with E-state index in [9.17, 15) is 0 Å². The maximum Gasteiger partial charge on any atom is 0.0521 e. The predicted molar refractivity (Wildman–Crippen MR) is 42.6 cm³/mol. The normalized spacial score (nSPS) is 9.00. The van der Waals surface area contributed by atoms with Gasteiger partial charge in [0.1, 0.15) is 0 Å². The molecule has 0 saturated carbocycles. The van der Waals surface area contributed by atoms with Crippen LogP contribution in [0.4, 0.5) is 0 Å². The Morgan fingerprint density at radius 1 is 1.56 bits per heavy atom. The quantitative estimate of drug-likeness (QED) is 0.535. The second-order valence-electron chi connectivity index (χ2n) is 1.49. The van der Waals surface area contributed by atoms with E-state index in [1.54, 1.807) is 18.0 Å². The third-order valence-electron chi connectivity index (χ3n) is 0.771. The van der Waals surface area contributed by atoms with Crippen LogP contribution in [0.5, 0.6) is 0 Å². The van der Waals surface area contributed by atoms with Crippen LogP contribution in [0.15, 0.2) is 12.8 Å². The lowest BCUT2D eigenvalue weighted by molar-refractivity contribution is 0.322. The van der Waals surface area contributed by atoms with Crippen molar-refractivity contribution < 1.29 is 5.11 Å². The Morgan fingerprint density at radius 3 is 2.89 bits per heavy atom. The molecule has 0 fully saturated rings. The van der Waals surface area contributed by atoms with Crippen LogP contribution in [0.1, 0.15) is 0 Å². The van der Waals surface area contributed by atoms with Crippen molar-refractivity contribution in [2.45, 2.75) is 0 Å². The molecular formula is C6H13NOS. The fraction of sp³-hybridized carbons (Fsp3) is 0.667. The van der Waals surface area contributed by atoms with Crippen molar-refractivity contribution in [2.24, 2.45) is 0 Å². The summed E-state index contributed by atoms with van der Waals surface area (Å²) in [4.78, 5) is 0. The van der Waals surface area contributed by atoms with Crippen LogP contribution in [0.2, 0.25) is 0 Å². The zero-order valence-corrected chi connectivity index (χ0v) is 6.28. The molecule has 0 saturated heterocycles. The number of hydrogen-bond acceptors (Lipinski definition) is 3. The van der Waals surface area contributed by atoms with Gasteiger partial charge in [-0.2, -0.15) is 11.8 Å². The Balaban J connectivity index is 2.66. The highest BCUT2D eigenvalue weighted by molar-refractivity contribution is 7.99. The molecule has 3 heteroatoms. The molecule has 0 aromatic heterocycles. The van der Waals surface area contributed by atoms with Crippen molar-refractivity contribution in [1.29, 1.82) is 0 Å². The van der Waals surface area contributed by atoms with Crippen molar-refractivity contribution in [3.63, 3.8) is 0 Å². The molecule has 0 bridgehead atoms. The molecule has 0 aromatic carbocycles. The van der Waals surface area contributed by atoms with Gasteiger partial charge in [-0.05, 0) is 6.20 Å². The van der Waals surface area contributed by atoms with Crippen LogP contribution in [0.3, 0.4) is 0 Å². The van der Waals surface area contributed by atoms with E-state index in [4.69, 9.17) is 5.11 Å². The third-order valence-corrected chi connectivity index (χ3v) is 1.73. The zero-order valence-electron chi connectivity index (χ0n) is 5.47. The van der Waals surface area contributed by atoms with E-state index < -0.39 is 0 Å². The van der Waals surface area contributed by atoms with Gasteiger partial charge in [-0.3, -0.25) is 0 Å². The highest BCUT2D eigenvalue weighted by Gasteiger charge is 1.83. The molecular weight excluding hydrogens is 134 g/mol. The molecule has 0 radical (unpaired) electrons. The fourth-order valence-electron chi connectivity index (χ4n) is 0.400. The fourth-order valence-corrected chi connectivity index (χ4v) is 0.995. The first-order chi connectivity index (χ1) is 4.41. The first kappa shape index (κ1) is 8.85. The molecule has 0 rings (SSSR count). The van der Waals surface area contributed by atoms with E-state index in [1.807, 2.05) is 0 Å². The molecule has 0 aromatic rings. The molecule has 0 aliphatic rings. The molecule has 0 aliphatic heterocycles. The van der Waals surface area contributed by atoms with Gasteiger partial charge in [0.25, 0.3) is 0 Å². The number of thioether (sulfide) groups is 1. The van der Waals surface area contributed by atoms with Crippen LogP contribution < -0.4 is 5.32 Å². The molecule has 0 amide bonds. The van der Waals surface area contributed by atoms with Gasteiger partial charge in [-0.1, -0.05) is 6.58 Å². The topological polar surface area (TPSA) is 32.3 Å². The Bertz CT molecular complexity index is 68.1. The number of hydrogen-bond donors (Lipinski definition) is 2. The molecule has 0 heterocycles. The molecule has 0 spiro atoms. The summed E-state index contributed by atoms with van der Waals surface area (Å²) in [5, 5.41) is 11.3. The summed E-state index contributed by atoms with van der Waals surface area (Å²) in [7, 11) is 0. The summed E-state index contributed by atoms with van der Waals surface area (Å²) < 4.78 is 0. The van der Waals surface area contributed by atoms with E-state index in [1.165, 1.54) is 0 Å². The van der Waals surface area contributed by atoms with Crippen LogP contribution in [-0.4, -0.2) is 29.8 Å².